The lowest BCUT2D eigenvalue weighted by molar-refractivity contribution is 0.680. The third-order valence-electron chi connectivity index (χ3n) is 5.44. The number of thioether (sulfide) groups is 1. The molecule has 28 heavy (non-hydrogen) atoms. The minimum absolute atomic E-state index is 0.340. The molecule has 4 nitrogen and oxygen atoms in total. The molecule has 3 heterocycles. The number of nitrogens with two attached hydrogens (primary N) is 1. The highest BCUT2D eigenvalue weighted by molar-refractivity contribution is 8.04. The molecule has 5 heteroatoms. The third-order valence-corrected chi connectivity index (χ3v) is 6.55. The Labute approximate surface area is 169 Å². The minimum atomic E-state index is 0.340. The van der Waals surface area contributed by atoms with Crippen molar-refractivity contribution in [3.63, 3.8) is 0 Å². The fraction of sp³-hybridized carbons (Fsp3) is 0.261. The Balaban J connectivity index is 1.56. The van der Waals surface area contributed by atoms with Crippen LogP contribution in [0.15, 0.2) is 69.0 Å². The van der Waals surface area contributed by atoms with E-state index in [4.69, 9.17) is 5.73 Å². The second-order valence-corrected chi connectivity index (χ2v) is 8.57. The van der Waals surface area contributed by atoms with Crippen molar-refractivity contribution in [2.75, 3.05) is 18.0 Å². The number of para-hydroxylation sites is 1. The molecule has 0 spiro atoms. The van der Waals surface area contributed by atoms with Gasteiger partial charge >= 0.3 is 0 Å². The van der Waals surface area contributed by atoms with Gasteiger partial charge in [0.25, 0.3) is 0 Å². The first-order valence-corrected chi connectivity index (χ1v) is 10.7. The minimum Gasteiger partial charge on any atom is -0.355 e. The Bertz CT molecular complexity index is 1060. The van der Waals surface area contributed by atoms with Crippen molar-refractivity contribution < 1.29 is 0 Å². The van der Waals surface area contributed by atoms with Crippen LogP contribution in [-0.2, 0) is 0 Å². The normalized spacial score (nSPS) is 18.5. The topological polar surface area (TPSA) is 57.4 Å². The Morgan fingerprint density at radius 2 is 2.11 bits per heavy atom. The summed E-state index contributed by atoms with van der Waals surface area (Å²) < 4.78 is 0. The molecule has 2 aromatic carbocycles. The van der Waals surface area contributed by atoms with Gasteiger partial charge in [-0.15, -0.1) is 0 Å². The van der Waals surface area contributed by atoms with E-state index >= 15 is 0 Å². The molecule has 5 rings (SSSR count). The van der Waals surface area contributed by atoms with Crippen molar-refractivity contribution in [2.45, 2.75) is 30.7 Å². The molecule has 142 valence electrons. The van der Waals surface area contributed by atoms with Crippen LogP contribution >= 0.6 is 11.8 Å². The number of benzene rings is 2. The first-order valence-electron chi connectivity index (χ1n) is 9.87. The van der Waals surface area contributed by atoms with E-state index < -0.39 is 0 Å². The standard InChI is InChI=1S/C23H24N4S/c1-15-11-21-23(14-25-15)28-22-13-17(7-8-20(22)27(21)10-4-9-24)19-12-16-5-2-3-6-18(16)26-19/h2-3,5-8,12-15,26H,4,9-11,24H2,1H3. The van der Waals surface area contributed by atoms with Crippen LogP contribution in [0.1, 0.15) is 19.8 Å². The summed E-state index contributed by atoms with van der Waals surface area (Å²) in [4.78, 5) is 13.2. The van der Waals surface area contributed by atoms with E-state index in [0.717, 1.165) is 25.1 Å². The van der Waals surface area contributed by atoms with E-state index in [0.29, 0.717) is 12.6 Å². The first-order chi connectivity index (χ1) is 13.7. The summed E-state index contributed by atoms with van der Waals surface area (Å²) in [6.45, 7) is 3.84. The third kappa shape index (κ3) is 3.05. The summed E-state index contributed by atoms with van der Waals surface area (Å²) in [5.41, 5.74) is 12.0. The molecular formula is C23H24N4S. The van der Waals surface area contributed by atoms with Crippen molar-refractivity contribution >= 4 is 34.6 Å². The first kappa shape index (κ1) is 17.6. The molecule has 2 aliphatic heterocycles. The monoisotopic (exact) mass is 388 g/mol. The van der Waals surface area contributed by atoms with Crippen LogP contribution in [-0.4, -0.2) is 30.3 Å². The van der Waals surface area contributed by atoms with Crippen molar-refractivity contribution in [3.05, 3.63) is 59.1 Å². The van der Waals surface area contributed by atoms with E-state index in [1.807, 2.05) is 11.8 Å². The molecule has 1 atom stereocenters. The fourth-order valence-corrected chi connectivity index (χ4v) is 5.15. The fourth-order valence-electron chi connectivity index (χ4n) is 4.01. The number of nitrogens with zero attached hydrogens (tertiary/aromatic N) is 2. The second-order valence-electron chi connectivity index (χ2n) is 7.49. The van der Waals surface area contributed by atoms with Gasteiger partial charge in [0.15, 0.2) is 0 Å². The van der Waals surface area contributed by atoms with Crippen LogP contribution in [0.2, 0.25) is 0 Å². The maximum atomic E-state index is 5.82. The molecule has 0 radical (unpaired) electrons. The summed E-state index contributed by atoms with van der Waals surface area (Å²) in [5, 5.41) is 1.24. The second kappa shape index (κ2) is 7.15. The highest BCUT2D eigenvalue weighted by Crippen LogP contribution is 2.46. The zero-order chi connectivity index (χ0) is 19.1. The van der Waals surface area contributed by atoms with E-state index in [1.165, 1.54) is 37.7 Å². The number of aromatic nitrogens is 1. The van der Waals surface area contributed by atoms with E-state index in [-0.39, 0.29) is 0 Å². The van der Waals surface area contributed by atoms with Gasteiger partial charge in [0.1, 0.15) is 0 Å². The number of nitrogens with one attached hydrogen (secondary N) is 1. The molecule has 0 saturated carbocycles. The summed E-state index contributed by atoms with van der Waals surface area (Å²) in [7, 11) is 0. The summed E-state index contributed by atoms with van der Waals surface area (Å²) in [6, 6.07) is 17.8. The Morgan fingerprint density at radius 1 is 1.21 bits per heavy atom. The van der Waals surface area contributed by atoms with Crippen LogP contribution in [0.4, 0.5) is 5.69 Å². The molecular weight excluding hydrogens is 364 g/mol. The van der Waals surface area contributed by atoms with Crippen molar-refractivity contribution in [1.29, 1.82) is 0 Å². The van der Waals surface area contributed by atoms with Crippen LogP contribution in [0.3, 0.4) is 0 Å². The number of fused-ring (bicyclic) bond motifs is 2. The number of H-pyrrole nitrogens is 1. The maximum absolute atomic E-state index is 5.82. The van der Waals surface area contributed by atoms with Gasteiger partial charge in [-0.1, -0.05) is 36.0 Å². The molecule has 0 amide bonds. The SMILES string of the molecule is CC1CC2=C(C=N1)Sc1cc(-c3cc4ccccc4[nH]3)ccc1N2CCCN. The molecule has 1 aromatic heterocycles. The molecule has 2 aliphatic rings. The number of dihydropyridines is 1. The molecule has 1 unspecified atom stereocenters. The molecule has 0 bridgehead atoms. The van der Waals surface area contributed by atoms with E-state index in [2.05, 4.69) is 76.5 Å². The van der Waals surface area contributed by atoms with Crippen molar-refractivity contribution in [3.8, 4) is 11.3 Å². The quantitative estimate of drug-likeness (QED) is 0.648. The van der Waals surface area contributed by atoms with Gasteiger partial charge in [0.05, 0.1) is 11.7 Å². The van der Waals surface area contributed by atoms with Crippen LogP contribution in [0.5, 0.6) is 0 Å². The van der Waals surface area contributed by atoms with Crippen molar-refractivity contribution in [1.82, 2.24) is 4.98 Å². The predicted molar refractivity (Wildman–Crippen MR) is 120 cm³/mol. The maximum Gasteiger partial charge on any atom is 0.0550 e. The van der Waals surface area contributed by atoms with Gasteiger partial charge in [0, 0.05) is 51.3 Å². The van der Waals surface area contributed by atoms with Crippen LogP contribution in [0.25, 0.3) is 22.2 Å². The van der Waals surface area contributed by atoms with Crippen LogP contribution < -0.4 is 10.6 Å². The van der Waals surface area contributed by atoms with E-state index in [9.17, 15) is 0 Å². The number of hydrogen-bond acceptors (Lipinski definition) is 4. The number of hydrogen-bond donors (Lipinski definition) is 2. The molecule has 3 N–H and O–H groups in total. The number of aliphatic imine (C=N–C) groups is 1. The number of aromatic amines is 1. The predicted octanol–water partition coefficient (Wildman–Crippen LogP) is 5.17. The summed E-state index contributed by atoms with van der Waals surface area (Å²) in [6.07, 6.45) is 4.03. The van der Waals surface area contributed by atoms with Crippen LogP contribution in [0, 0.1) is 0 Å². The summed E-state index contributed by atoms with van der Waals surface area (Å²) >= 11 is 1.84. The van der Waals surface area contributed by atoms with Crippen molar-refractivity contribution in [2.24, 2.45) is 10.7 Å². The van der Waals surface area contributed by atoms with Gasteiger partial charge in [-0.25, -0.2) is 0 Å². The molecule has 0 saturated heterocycles. The lowest BCUT2D eigenvalue weighted by Gasteiger charge is -2.36. The lowest BCUT2D eigenvalue weighted by atomic mass is 10.1. The Hall–Kier alpha value is -2.50. The van der Waals surface area contributed by atoms with E-state index in [1.54, 1.807) is 0 Å². The molecule has 0 fully saturated rings. The smallest absolute Gasteiger partial charge is 0.0550 e. The average molecular weight is 389 g/mol. The van der Waals surface area contributed by atoms with Gasteiger partial charge < -0.3 is 15.6 Å². The highest BCUT2D eigenvalue weighted by atomic mass is 32.2. The van der Waals surface area contributed by atoms with Gasteiger partial charge in [-0.2, -0.15) is 0 Å². The number of anilines is 1. The highest BCUT2D eigenvalue weighted by Gasteiger charge is 2.28. The molecule has 3 aromatic rings. The molecule has 0 aliphatic carbocycles. The Kier molecular flexibility index (Phi) is 4.49. The zero-order valence-corrected chi connectivity index (χ0v) is 16.8. The zero-order valence-electron chi connectivity index (χ0n) is 16.0. The van der Waals surface area contributed by atoms with Gasteiger partial charge in [-0.05, 0) is 49.7 Å². The number of rotatable bonds is 4. The average Bonchev–Trinajstić information content (AvgIpc) is 3.15. The largest absolute Gasteiger partial charge is 0.355 e. The number of allylic oxidation sites excluding steroid dienone is 1. The van der Waals surface area contributed by atoms with Gasteiger partial charge in [-0.3, -0.25) is 4.99 Å². The Morgan fingerprint density at radius 3 is 2.96 bits per heavy atom. The van der Waals surface area contributed by atoms with Gasteiger partial charge in [0.2, 0.25) is 0 Å². The lowest BCUT2D eigenvalue weighted by Crippen LogP contribution is -2.32. The summed E-state index contributed by atoms with van der Waals surface area (Å²) in [5.74, 6) is 0.